The van der Waals surface area contributed by atoms with Crippen LogP contribution >= 0.6 is 23.2 Å². The van der Waals surface area contributed by atoms with Crippen LogP contribution in [0, 0.1) is 5.82 Å². The van der Waals surface area contributed by atoms with Gasteiger partial charge in [0.05, 0.1) is 28.4 Å². The number of nitrogens with zero attached hydrogens (tertiary/aromatic N) is 1. The molecule has 0 unspecified atom stereocenters. The largest absolute Gasteiger partial charge is 0.496 e. The maximum atomic E-state index is 13.3. The van der Waals surface area contributed by atoms with Crippen LogP contribution in [0.4, 0.5) is 10.1 Å². The molecule has 0 fully saturated rings. The van der Waals surface area contributed by atoms with Crippen molar-refractivity contribution in [3.05, 3.63) is 40.1 Å². The van der Waals surface area contributed by atoms with E-state index in [2.05, 4.69) is 4.98 Å². The highest BCUT2D eigenvalue weighted by Crippen LogP contribution is 2.38. The molecule has 1 aromatic heterocycles. The molecule has 21 heavy (non-hydrogen) atoms. The smallest absolute Gasteiger partial charge is 0.231 e. The Balaban J connectivity index is 2.25. The molecule has 0 aliphatic heterocycles. The Morgan fingerprint density at radius 2 is 1.95 bits per heavy atom. The van der Waals surface area contributed by atoms with Crippen molar-refractivity contribution in [3.8, 4) is 17.2 Å². The highest BCUT2D eigenvalue weighted by molar-refractivity contribution is 6.34. The van der Waals surface area contributed by atoms with Gasteiger partial charge in [0.25, 0.3) is 0 Å². The first kappa shape index (κ1) is 14.0. The van der Waals surface area contributed by atoms with Gasteiger partial charge in [-0.2, -0.15) is 0 Å². The van der Waals surface area contributed by atoms with Gasteiger partial charge < -0.3 is 14.9 Å². The maximum Gasteiger partial charge on any atom is 0.231 e. The van der Waals surface area contributed by atoms with Crippen molar-refractivity contribution in [2.45, 2.75) is 0 Å². The fourth-order valence-electron chi connectivity index (χ4n) is 1.98. The van der Waals surface area contributed by atoms with Gasteiger partial charge in [0, 0.05) is 12.1 Å². The molecule has 0 amide bonds. The van der Waals surface area contributed by atoms with E-state index < -0.39 is 5.82 Å². The topological polar surface area (TPSA) is 61.3 Å². The first-order valence-corrected chi connectivity index (χ1v) is 6.64. The van der Waals surface area contributed by atoms with E-state index in [0.29, 0.717) is 33.1 Å². The van der Waals surface area contributed by atoms with Crippen LogP contribution in [-0.2, 0) is 0 Å². The highest BCUT2D eigenvalue weighted by atomic mass is 35.5. The van der Waals surface area contributed by atoms with Crippen LogP contribution < -0.4 is 10.5 Å². The molecular weight excluding hydrogens is 318 g/mol. The van der Waals surface area contributed by atoms with E-state index in [-0.39, 0.29) is 10.9 Å². The van der Waals surface area contributed by atoms with Crippen LogP contribution in [0.5, 0.6) is 5.75 Å². The molecule has 0 aliphatic rings. The molecule has 0 spiro atoms. The molecular formula is C14H9Cl2FN2O2. The molecule has 1 heterocycles. The summed E-state index contributed by atoms with van der Waals surface area (Å²) < 4.78 is 24.2. The van der Waals surface area contributed by atoms with Crippen LogP contribution in [-0.4, -0.2) is 12.1 Å². The van der Waals surface area contributed by atoms with Crippen molar-refractivity contribution >= 4 is 40.0 Å². The molecule has 0 aliphatic carbocycles. The number of benzene rings is 2. The fourth-order valence-corrected chi connectivity index (χ4v) is 2.38. The maximum absolute atomic E-state index is 13.3. The number of halogens is 3. The molecule has 0 bridgehead atoms. The summed E-state index contributed by atoms with van der Waals surface area (Å²) in [6.07, 6.45) is 0. The van der Waals surface area contributed by atoms with Crippen molar-refractivity contribution in [1.82, 2.24) is 4.98 Å². The zero-order valence-corrected chi connectivity index (χ0v) is 12.3. The first-order chi connectivity index (χ1) is 9.99. The van der Waals surface area contributed by atoms with E-state index in [1.807, 2.05) is 0 Å². The van der Waals surface area contributed by atoms with Crippen LogP contribution in [0.1, 0.15) is 0 Å². The average Bonchev–Trinajstić information content (AvgIpc) is 2.85. The molecule has 3 rings (SSSR count). The minimum atomic E-state index is -0.491. The molecule has 0 saturated heterocycles. The molecule has 0 radical (unpaired) electrons. The van der Waals surface area contributed by atoms with Crippen molar-refractivity contribution in [3.63, 3.8) is 0 Å². The molecule has 2 aromatic carbocycles. The number of ether oxygens (including phenoxy) is 1. The minimum Gasteiger partial charge on any atom is -0.496 e. The normalized spacial score (nSPS) is 11.0. The van der Waals surface area contributed by atoms with E-state index in [9.17, 15) is 4.39 Å². The summed E-state index contributed by atoms with van der Waals surface area (Å²) in [7, 11) is 1.49. The van der Waals surface area contributed by atoms with Gasteiger partial charge in [-0.1, -0.05) is 23.2 Å². The lowest BCUT2D eigenvalue weighted by Crippen LogP contribution is -1.93. The van der Waals surface area contributed by atoms with E-state index in [0.717, 1.165) is 6.07 Å². The van der Waals surface area contributed by atoms with Gasteiger partial charge in [0.1, 0.15) is 17.1 Å². The second-order valence-electron chi connectivity index (χ2n) is 4.33. The Morgan fingerprint density at radius 3 is 2.67 bits per heavy atom. The number of methoxy groups -OCH3 is 1. The average molecular weight is 327 g/mol. The summed E-state index contributed by atoms with van der Waals surface area (Å²) >= 11 is 12.0. The predicted octanol–water partition coefficient (Wildman–Crippen LogP) is 4.53. The Hall–Kier alpha value is -1.98. The molecule has 0 saturated carbocycles. The van der Waals surface area contributed by atoms with Crippen molar-refractivity contribution in [1.29, 1.82) is 0 Å². The summed E-state index contributed by atoms with van der Waals surface area (Å²) in [6.45, 7) is 0. The van der Waals surface area contributed by atoms with Crippen molar-refractivity contribution in [2.75, 3.05) is 12.8 Å². The fraction of sp³-hybridized carbons (Fsp3) is 0.0714. The van der Waals surface area contributed by atoms with Gasteiger partial charge >= 0.3 is 0 Å². The SMILES string of the molecule is COc1cc(N)c(Cl)cc1-c1nc2cc(F)cc(Cl)c2o1. The van der Waals surface area contributed by atoms with Gasteiger partial charge in [-0.3, -0.25) is 0 Å². The van der Waals surface area contributed by atoms with E-state index in [1.165, 1.54) is 13.2 Å². The summed E-state index contributed by atoms with van der Waals surface area (Å²) in [5, 5.41) is 0.481. The van der Waals surface area contributed by atoms with Gasteiger partial charge in [-0.05, 0) is 12.1 Å². The molecule has 108 valence electrons. The molecule has 4 nitrogen and oxygen atoms in total. The number of fused-ring (bicyclic) bond motifs is 1. The lowest BCUT2D eigenvalue weighted by atomic mass is 10.2. The van der Waals surface area contributed by atoms with Crippen molar-refractivity contribution < 1.29 is 13.5 Å². The van der Waals surface area contributed by atoms with Gasteiger partial charge in [-0.15, -0.1) is 0 Å². The standard InChI is InChI=1S/C14H9Cl2FN2O2/c1-20-12-5-10(18)8(15)4-7(12)14-19-11-3-6(17)2-9(16)13(11)21-14/h2-5H,18H2,1H3. The van der Waals surface area contributed by atoms with Crippen molar-refractivity contribution in [2.24, 2.45) is 0 Å². The number of hydrogen-bond acceptors (Lipinski definition) is 4. The highest BCUT2D eigenvalue weighted by Gasteiger charge is 2.17. The molecule has 0 atom stereocenters. The Kier molecular flexibility index (Phi) is 3.39. The lowest BCUT2D eigenvalue weighted by Gasteiger charge is -2.07. The second-order valence-corrected chi connectivity index (χ2v) is 5.14. The predicted molar refractivity (Wildman–Crippen MR) is 80.4 cm³/mol. The summed E-state index contributed by atoms with van der Waals surface area (Å²) in [6, 6.07) is 5.53. The van der Waals surface area contributed by atoms with Gasteiger partial charge in [-0.25, -0.2) is 9.37 Å². The van der Waals surface area contributed by atoms with Crippen LogP contribution in [0.25, 0.3) is 22.6 Å². The Bertz CT molecular complexity index is 849. The minimum absolute atomic E-state index is 0.143. The first-order valence-electron chi connectivity index (χ1n) is 5.88. The van der Waals surface area contributed by atoms with Crippen LogP contribution in [0.2, 0.25) is 10.0 Å². The number of nitrogen functional groups attached to an aromatic ring is 1. The van der Waals surface area contributed by atoms with E-state index in [1.54, 1.807) is 12.1 Å². The third-order valence-corrected chi connectivity index (χ3v) is 3.57. The summed E-state index contributed by atoms with van der Waals surface area (Å²) in [5.41, 5.74) is 7.21. The van der Waals surface area contributed by atoms with Gasteiger partial charge in [0.2, 0.25) is 5.89 Å². The molecule has 3 aromatic rings. The number of aromatic nitrogens is 1. The number of rotatable bonds is 2. The van der Waals surface area contributed by atoms with Crippen LogP contribution in [0.15, 0.2) is 28.7 Å². The zero-order chi connectivity index (χ0) is 15.1. The Morgan fingerprint density at radius 1 is 1.19 bits per heavy atom. The van der Waals surface area contributed by atoms with Gasteiger partial charge in [0.15, 0.2) is 5.58 Å². The number of anilines is 1. The summed E-state index contributed by atoms with van der Waals surface area (Å²) in [4.78, 5) is 4.21. The molecule has 2 N–H and O–H groups in total. The monoisotopic (exact) mass is 326 g/mol. The Labute approximate surface area is 129 Å². The second kappa shape index (κ2) is 5.09. The quantitative estimate of drug-likeness (QED) is 0.703. The lowest BCUT2D eigenvalue weighted by molar-refractivity contribution is 0.415. The third-order valence-electron chi connectivity index (χ3n) is 2.96. The number of oxazole rings is 1. The van der Waals surface area contributed by atoms with E-state index in [4.69, 9.17) is 38.1 Å². The number of hydrogen-bond donors (Lipinski definition) is 1. The summed E-state index contributed by atoms with van der Waals surface area (Å²) in [5.74, 6) is 0.172. The van der Waals surface area contributed by atoms with E-state index >= 15 is 0 Å². The number of nitrogens with two attached hydrogens (primary N) is 1. The van der Waals surface area contributed by atoms with Crippen LogP contribution in [0.3, 0.4) is 0 Å². The molecule has 7 heteroatoms. The zero-order valence-electron chi connectivity index (χ0n) is 10.8. The third kappa shape index (κ3) is 2.39.